The summed E-state index contributed by atoms with van der Waals surface area (Å²) in [7, 11) is 0. The molecule has 0 bridgehead atoms. The maximum Gasteiger partial charge on any atom is 0.266 e. The van der Waals surface area contributed by atoms with Crippen LogP contribution in [0.1, 0.15) is 46.1 Å². The van der Waals surface area contributed by atoms with Crippen molar-refractivity contribution in [2.24, 2.45) is 0 Å². The number of nitrogen functional groups attached to an aromatic ring is 1. The number of nitrogens with one attached hydrogen (secondary N) is 1. The molecule has 40 heavy (non-hydrogen) atoms. The van der Waals surface area contributed by atoms with Gasteiger partial charge >= 0.3 is 0 Å². The number of nitrogens with zero attached hydrogens (tertiary/aromatic N) is 6. The fraction of sp³-hybridized carbons (Fsp3) is 0.103. The quantitative estimate of drug-likeness (QED) is 0.314. The highest BCUT2D eigenvalue weighted by molar-refractivity contribution is 7.07. The summed E-state index contributed by atoms with van der Waals surface area (Å²) in [5, 5.41) is 9.62. The number of carbonyl (C=O) groups excluding carboxylic acids is 1. The van der Waals surface area contributed by atoms with Gasteiger partial charge in [-0.15, -0.1) is 16.4 Å². The predicted molar refractivity (Wildman–Crippen MR) is 156 cm³/mol. The second kappa shape index (κ2) is 10.2. The van der Waals surface area contributed by atoms with Gasteiger partial charge in [-0.1, -0.05) is 36.4 Å². The summed E-state index contributed by atoms with van der Waals surface area (Å²) in [6.45, 7) is 3.63. The van der Waals surface area contributed by atoms with Crippen LogP contribution in [0.3, 0.4) is 0 Å². The molecule has 0 spiro atoms. The van der Waals surface area contributed by atoms with Crippen LogP contribution in [-0.4, -0.2) is 35.0 Å². The number of para-hydroxylation sites is 1. The van der Waals surface area contributed by atoms with E-state index in [0.717, 1.165) is 17.0 Å². The zero-order valence-corrected chi connectivity index (χ0v) is 22.5. The molecule has 10 nitrogen and oxygen atoms in total. The first-order valence-electron chi connectivity index (χ1n) is 12.5. The molecule has 0 radical (unpaired) electrons. The highest BCUT2D eigenvalue weighted by Gasteiger charge is 2.25. The Hall–Kier alpha value is -5.16. The molecule has 6 aromatic rings. The molecule has 1 amide bonds. The topological polar surface area (TPSA) is 133 Å². The van der Waals surface area contributed by atoms with Crippen LogP contribution in [0.5, 0.6) is 0 Å². The maximum atomic E-state index is 14.1. The Morgan fingerprint density at radius 1 is 1.07 bits per heavy atom. The van der Waals surface area contributed by atoms with Crippen LogP contribution < -0.4 is 16.6 Å². The molecule has 198 valence electrons. The standard InChI is InChI=1S/C29H24N8O2S/c1-17-13-14-31-27-24(25(30)35-37(17)27)28(38)33-18(2)26-34-22-10-6-7-19(11-12-20-15-40-16-32-20)23(22)29(39)36(26)21-8-4-3-5-9-21/h3-16,18H,1-2H3,(H2,30,35)(H,33,38). The van der Waals surface area contributed by atoms with Crippen molar-refractivity contribution in [2.45, 2.75) is 19.9 Å². The molecule has 0 aliphatic rings. The second-order valence-electron chi connectivity index (χ2n) is 9.21. The van der Waals surface area contributed by atoms with Gasteiger partial charge in [0.2, 0.25) is 0 Å². The monoisotopic (exact) mass is 548 g/mol. The molecule has 11 heteroatoms. The average molecular weight is 549 g/mol. The Morgan fingerprint density at radius 2 is 1.90 bits per heavy atom. The number of amides is 1. The van der Waals surface area contributed by atoms with E-state index in [9.17, 15) is 9.59 Å². The van der Waals surface area contributed by atoms with Crippen molar-refractivity contribution in [2.75, 3.05) is 5.73 Å². The van der Waals surface area contributed by atoms with Gasteiger partial charge in [0.15, 0.2) is 11.5 Å². The van der Waals surface area contributed by atoms with E-state index in [4.69, 9.17) is 10.7 Å². The van der Waals surface area contributed by atoms with Crippen molar-refractivity contribution in [3.8, 4) is 5.69 Å². The van der Waals surface area contributed by atoms with Crippen LogP contribution in [0.25, 0.3) is 34.4 Å². The van der Waals surface area contributed by atoms with E-state index in [2.05, 4.69) is 20.4 Å². The lowest BCUT2D eigenvalue weighted by atomic mass is 10.1. The molecule has 0 saturated carbocycles. The SMILES string of the molecule is Cc1ccnc2c(C(=O)NC(C)c3nc4cccc(C=Cc5cscn5)c4c(=O)n3-c3ccccc3)c(N)nn12. The summed E-state index contributed by atoms with van der Waals surface area (Å²) in [4.78, 5) is 41.1. The lowest BCUT2D eigenvalue weighted by Gasteiger charge is -2.20. The van der Waals surface area contributed by atoms with Crippen LogP contribution >= 0.6 is 11.3 Å². The molecule has 4 aromatic heterocycles. The normalized spacial score (nSPS) is 12.3. The molecule has 1 unspecified atom stereocenters. The molecule has 0 saturated heterocycles. The second-order valence-corrected chi connectivity index (χ2v) is 9.93. The number of hydrogen-bond donors (Lipinski definition) is 2. The molecule has 1 atom stereocenters. The summed E-state index contributed by atoms with van der Waals surface area (Å²) >= 11 is 1.50. The third-order valence-electron chi connectivity index (χ3n) is 6.55. The summed E-state index contributed by atoms with van der Waals surface area (Å²) in [5.74, 6) is -0.0289. The van der Waals surface area contributed by atoms with Crippen LogP contribution in [0, 0.1) is 6.92 Å². The molecule has 6 rings (SSSR count). The number of aryl methyl sites for hydroxylation is 1. The number of fused-ring (bicyclic) bond motifs is 2. The van der Waals surface area contributed by atoms with Gasteiger partial charge < -0.3 is 11.1 Å². The van der Waals surface area contributed by atoms with E-state index in [1.165, 1.54) is 20.4 Å². The highest BCUT2D eigenvalue weighted by atomic mass is 32.1. The number of thiazole rings is 1. The molecule has 0 aliphatic carbocycles. The fourth-order valence-corrected chi connectivity index (χ4v) is 5.16. The summed E-state index contributed by atoms with van der Waals surface area (Å²) < 4.78 is 3.07. The van der Waals surface area contributed by atoms with Gasteiger partial charge in [0, 0.05) is 17.3 Å². The van der Waals surface area contributed by atoms with E-state index in [-0.39, 0.29) is 16.9 Å². The zero-order chi connectivity index (χ0) is 27.8. The van der Waals surface area contributed by atoms with Gasteiger partial charge in [-0.05, 0) is 49.8 Å². The van der Waals surface area contributed by atoms with Crippen molar-refractivity contribution in [1.29, 1.82) is 0 Å². The van der Waals surface area contributed by atoms with E-state index in [1.807, 2.05) is 66.9 Å². The molecular weight excluding hydrogens is 524 g/mol. The Kier molecular flexibility index (Phi) is 6.40. The number of nitrogens with two attached hydrogens (primary N) is 1. The van der Waals surface area contributed by atoms with Crippen LogP contribution in [0.15, 0.2) is 76.5 Å². The number of rotatable bonds is 6. The van der Waals surface area contributed by atoms with Gasteiger partial charge in [-0.25, -0.2) is 19.5 Å². The van der Waals surface area contributed by atoms with Crippen molar-refractivity contribution in [1.82, 2.24) is 34.4 Å². The minimum absolute atomic E-state index is 0.0648. The molecule has 0 aliphatic heterocycles. The van der Waals surface area contributed by atoms with Crippen LogP contribution in [-0.2, 0) is 0 Å². The summed E-state index contributed by atoms with van der Waals surface area (Å²) in [5.41, 5.74) is 11.6. The number of anilines is 1. The van der Waals surface area contributed by atoms with E-state index < -0.39 is 11.9 Å². The predicted octanol–water partition coefficient (Wildman–Crippen LogP) is 4.44. The van der Waals surface area contributed by atoms with Crippen LogP contribution in [0.2, 0.25) is 0 Å². The molecule has 0 fully saturated rings. The Labute approximate surface area is 232 Å². The van der Waals surface area contributed by atoms with E-state index in [1.54, 1.807) is 30.8 Å². The summed E-state index contributed by atoms with van der Waals surface area (Å²) in [6.07, 6.45) is 5.33. The minimum atomic E-state index is -0.668. The maximum absolute atomic E-state index is 14.1. The first-order valence-corrected chi connectivity index (χ1v) is 13.4. The third kappa shape index (κ3) is 4.41. The number of hydrogen-bond acceptors (Lipinski definition) is 8. The number of benzene rings is 2. The van der Waals surface area contributed by atoms with Gasteiger partial charge in [-0.2, -0.15) is 0 Å². The molecule has 4 heterocycles. The van der Waals surface area contributed by atoms with Crippen LogP contribution in [0.4, 0.5) is 5.82 Å². The molecule has 2 aromatic carbocycles. The zero-order valence-electron chi connectivity index (χ0n) is 21.6. The number of carbonyl (C=O) groups is 1. The van der Waals surface area contributed by atoms with E-state index in [0.29, 0.717) is 28.1 Å². The fourth-order valence-electron chi connectivity index (χ4n) is 4.64. The van der Waals surface area contributed by atoms with Gasteiger partial charge in [0.1, 0.15) is 11.4 Å². The number of aromatic nitrogens is 6. The lowest BCUT2D eigenvalue weighted by Crippen LogP contribution is -2.33. The van der Waals surface area contributed by atoms with Gasteiger partial charge in [0.05, 0.1) is 33.8 Å². The minimum Gasteiger partial charge on any atom is -0.381 e. The molecular formula is C29H24N8O2S. The molecule has 3 N–H and O–H groups in total. The van der Waals surface area contributed by atoms with Crippen molar-refractivity contribution >= 4 is 51.8 Å². The Balaban J connectivity index is 1.47. The highest BCUT2D eigenvalue weighted by Crippen LogP contribution is 2.23. The van der Waals surface area contributed by atoms with Gasteiger partial charge in [0.25, 0.3) is 11.5 Å². The van der Waals surface area contributed by atoms with Crippen molar-refractivity contribution in [3.05, 3.63) is 110 Å². The Bertz CT molecular complexity index is 1960. The first kappa shape index (κ1) is 25.1. The first-order chi connectivity index (χ1) is 19.4. The van der Waals surface area contributed by atoms with Crippen molar-refractivity contribution in [3.63, 3.8) is 0 Å². The lowest BCUT2D eigenvalue weighted by molar-refractivity contribution is 0.0940. The Morgan fingerprint density at radius 3 is 2.67 bits per heavy atom. The van der Waals surface area contributed by atoms with E-state index >= 15 is 0 Å². The largest absolute Gasteiger partial charge is 0.381 e. The van der Waals surface area contributed by atoms with Gasteiger partial charge in [-0.3, -0.25) is 14.2 Å². The average Bonchev–Trinajstić information content (AvgIpc) is 3.60. The summed E-state index contributed by atoms with van der Waals surface area (Å²) in [6, 6.07) is 15.9. The third-order valence-corrected chi connectivity index (χ3v) is 7.16. The van der Waals surface area contributed by atoms with Crippen molar-refractivity contribution < 1.29 is 4.79 Å². The smallest absolute Gasteiger partial charge is 0.266 e.